The standard InChI is InChI=1S/C19H17ClFN3O/c20-15-5-3-4-14(12-15)19(25)24-10-8-23(9-11-24)18(13-22)16-6-1-2-7-17(16)21/h1-7,12,18H,8-11H2. The molecule has 1 fully saturated rings. The number of halogens is 2. The molecule has 0 aliphatic carbocycles. The first kappa shape index (κ1) is 17.4. The average Bonchev–Trinajstić information content (AvgIpc) is 2.64. The van der Waals surface area contributed by atoms with E-state index in [9.17, 15) is 14.4 Å². The molecule has 3 rings (SSSR count). The lowest BCUT2D eigenvalue weighted by Crippen LogP contribution is -2.49. The van der Waals surface area contributed by atoms with E-state index in [2.05, 4.69) is 6.07 Å². The molecule has 1 aliphatic rings. The summed E-state index contributed by atoms with van der Waals surface area (Å²) in [5.41, 5.74) is 0.923. The Hall–Kier alpha value is -2.42. The molecule has 1 heterocycles. The lowest BCUT2D eigenvalue weighted by molar-refractivity contribution is 0.0604. The zero-order valence-electron chi connectivity index (χ0n) is 13.5. The fourth-order valence-corrected chi connectivity index (χ4v) is 3.22. The second kappa shape index (κ2) is 7.64. The minimum Gasteiger partial charge on any atom is -0.336 e. The number of rotatable bonds is 3. The van der Waals surface area contributed by atoms with Crippen LogP contribution in [0.2, 0.25) is 5.02 Å². The molecule has 25 heavy (non-hydrogen) atoms. The maximum atomic E-state index is 14.0. The predicted octanol–water partition coefficient (Wildman–Crippen LogP) is 3.50. The molecule has 1 atom stereocenters. The molecule has 1 aliphatic heterocycles. The number of amides is 1. The van der Waals surface area contributed by atoms with Gasteiger partial charge in [-0.05, 0) is 24.3 Å². The Morgan fingerprint density at radius 3 is 2.48 bits per heavy atom. The lowest BCUT2D eigenvalue weighted by Gasteiger charge is -2.37. The highest BCUT2D eigenvalue weighted by atomic mass is 35.5. The molecule has 1 unspecified atom stereocenters. The molecule has 0 radical (unpaired) electrons. The molecular weight excluding hydrogens is 341 g/mol. The highest BCUT2D eigenvalue weighted by Gasteiger charge is 2.28. The molecule has 0 spiro atoms. The third-order valence-corrected chi connectivity index (χ3v) is 4.60. The normalized spacial score (nSPS) is 16.3. The number of carbonyl (C=O) groups is 1. The molecule has 6 heteroatoms. The Morgan fingerprint density at radius 2 is 1.84 bits per heavy atom. The van der Waals surface area contributed by atoms with Crippen LogP contribution in [0, 0.1) is 17.1 Å². The van der Waals surface area contributed by atoms with E-state index in [0.717, 1.165) is 0 Å². The maximum Gasteiger partial charge on any atom is 0.253 e. The fourth-order valence-electron chi connectivity index (χ4n) is 3.03. The summed E-state index contributed by atoms with van der Waals surface area (Å²) < 4.78 is 14.0. The van der Waals surface area contributed by atoms with Crippen molar-refractivity contribution in [3.8, 4) is 6.07 Å². The van der Waals surface area contributed by atoms with Gasteiger partial charge in [-0.3, -0.25) is 9.69 Å². The van der Waals surface area contributed by atoms with Crippen molar-refractivity contribution in [2.24, 2.45) is 0 Å². The van der Waals surface area contributed by atoms with Crippen LogP contribution in [-0.4, -0.2) is 41.9 Å². The van der Waals surface area contributed by atoms with Gasteiger partial charge in [0.05, 0.1) is 6.07 Å². The van der Waals surface area contributed by atoms with Crippen molar-refractivity contribution in [3.05, 3.63) is 70.5 Å². The van der Waals surface area contributed by atoms with Gasteiger partial charge >= 0.3 is 0 Å². The van der Waals surface area contributed by atoms with E-state index >= 15 is 0 Å². The van der Waals surface area contributed by atoms with E-state index in [4.69, 9.17) is 11.6 Å². The molecule has 2 aromatic carbocycles. The van der Waals surface area contributed by atoms with E-state index in [1.807, 2.05) is 4.90 Å². The molecule has 0 N–H and O–H groups in total. The van der Waals surface area contributed by atoms with Crippen LogP contribution >= 0.6 is 11.6 Å². The van der Waals surface area contributed by atoms with Crippen molar-refractivity contribution < 1.29 is 9.18 Å². The largest absolute Gasteiger partial charge is 0.336 e. The molecule has 0 saturated carbocycles. The number of hydrogen-bond acceptors (Lipinski definition) is 3. The number of benzene rings is 2. The van der Waals surface area contributed by atoms with Gasteiger partial charge in [-0.2, -0.15) is 5.26 Å². The Kier molecular flexibility index (Phi) is 5.32. The van der Waals surface area contributed by atoms with Crippen LogP contribution in [0.25, 0.3) is 0 Å². The quantitative estimate of drug-likeness (QED) is 0.844. The summed E-state index contributed by atoms with van der Waals surface area (Å²) in [6, 6.07) is 14.7. The van der Waals surface area contributed by atoms with Gasteiger partial charge in [-0.25, -0.2) is 4.39 Å². The molecular formula is C19H17ClFN3O. The topological polar surface area (TPSA) is 47.3 Å². The monoisotopic (exact) mass is 357 g/mol. The van der Waals surface area contributed by atoms with Gasteiger partial charge in [-0.1, -0.05) is 35.9 Å². The predicted molar refractivity (Wildman–Crippen MR) is 93.7 cm³/mol. The number of nitriles is 1. The molecule has 2 aromatic rings. The lowest BCUT2D eigenvalue weighted by atomic mass is 10.0. The van der Waals surface area contributed by atoms with Crippen LogP contribution in [0.4, 0.5) is 4.39 Å². The van der Waals surface area contributed by atoms with E-state index in [0.29, 0.717) is 42.3 Å². The Morgan fingerprint density at radius 1 is 1.12 bits per heavy atom. The summed E-state index contributed by atoms with van der Waals surface area (Å²) in [5.74, 6) is -0.465. The molecule has 1 saturated heterocycles. The third kappa shape index (κ3) is 3.81. The number of hydrogen-bond donors (Lipinski definition) is 0. The van der Waals surface area contributed by atoms with Crippen LogP contribution < -0.4 is 0 Å². The Balaban J connectivity index is 1.68. The Bertz CT molecular complexity index is 812. The van der Waals surface area contributed by atoms with Crippen molar-refractivity contribution in [2.75, 3.05) is 26.2 Å². The van der Waals surface area contributed by atoms with Gasteiger partial charge in [0.15, 0.2) is 0 Å². The van der Waals surface area contributed by atoms with Gasteiger partial charge in [-0.15, -0.1) is 0 Å². The van der Waals surface area contributed by atoms with Crippen LogP contribution in [0.15, 0.2) is 48.5 Å². The van der Waals surface area contributed by atoms with Gasteiger partial charge in [0.2, 0.25) is 0 Å². The summed E-state index contributed by atoms with van der Waals surface area (Å²) in [5, 5.41) is 10.0. The first-order valence-corrected chi connectivity index (χ1v) is 8.41. The molecule has 1 amide bonds. The van der Waals surface area contributed by atoms with E-state index < -0.39 is 6.04 Å². The van der Waals surface area contributed by atoms with Gasteiger partial charge in [0.25, 0.3) is 5.91 Å². The minimum absolute atomic E-state index is 0.0819. The molecule has 0 bridgehead atoms. The summed E-state index contributed by atoms with van der Waals surface area (Å²) in [7, 11) is 0. The highest BCUT2D eigenvalue weighted by Crippen LogP contribution is 2.24. The molecule has 4 nitrogen and oxygen atoms in total. The van der Waals surface area contributed by atoms with Gasteiger partial charge in [0.1, 0.15) is 11.9 Å². The number of nitrogens with zero attached hydrogens (tertiary/aromatic N) is 3. The smallest absolute Gasteiger partial charge is 0.253 e. The first-order chi connectivity index (χ1) is 12.1. The van der Waals surface area contributed by atoms with Crippen LogP contribution in [0.5, 0.6) is 0 Å². The fraction of sp³-hybridized carbons (Fsp3) is 0.263. The number of carbonyl (C=O) groups excluding carboxylic acids is 1. The van der Waals surface area contributed by atoms with Crippen molar-refractivity contribution in [3.63, 3.8) is 0 Å². The third-order valence-electron chi connectivity index (χ3n) is 4.36. The van der Waals surface area contributed by atoms with Crippen LogP contribution in [0.3, 0.4) is 0 Å². The van der Waals surface area contributed by atoms with Crippen LogP contribution in [-0.2, 0) is 0 Å². The number of piperazine rings is 1. The summed E-state index contributed by atoms with van der Waals surface area (Å²) in [4.78, 5) is 16.2. The van der Waals surface area contributed by atoms with Crippen molar-refractivity contribution >= 4 is 17.5 Å². The van der Waals surface area contributed by atoms with E-state index in [1.54, 1.807) is 47.4 Å². The second-order valence-corrected chi connectivity index (χ2v) is 6.33. The summed E-state index contributed by atoms with van der Waals surface area (Å²) in [6.45, 7) is 1.99. The van der Waals surface area contributed by atoms with Crippen molar-refractivity contribution in [2.45, 2.75) is 6.04 Å². The zero-order chi connectivity index (χ0) is 17.8. The average molecular weight is 358 g/mol. The summed E-state index contributed by atoms with van der Waals surface area (Å²) >= 11 is 5.94. The SMILES string of the molecule is N#CC(c1ccccc1F)N1CCN(C(=O)c2cccc(Cl)c2)CC1. The Labute approximate surface area is 151 Å². The maximum absolute atomic E-state index is 14.0. The molecule has 0 aromatic heterocycles. The summed E-state index contributed by atoms with van der Waals surface area (Å²) in [6.07, 6.45) is 0. The van der Waals surface area contributed by atoms with Crippen molar-refractivity contribution in [1.82, 2.24) is 9.80 Å². The van der Waals surface area contributed by atoms with Crippen molar-refractivity contribution in [1.29, 1.82) is 5.26 Å². The van der Waals surface area contributed by atoms with E-state index in [-0.39, 0.29) is 11.7 Å². The molecule has 128 valence electrons. The highest BCUT2D eigenvalue weighted by molar-refractivity contribution is 6.30. The zero-order valence-corrected chi connectivity index (χ0v) is 14.3. The second-order valence-electron chi connectivity index (χ2n) is 5.89. The van der Waals surface area contributed by atoms with Gasteiger partial charge < -0.3 is 4.90 Å². The van der Waals surface area contributed by atoms with Gasteiger partial charge in [0, 0.05) is 42.3 Å². The first-order valence-electron chi connectivity index (χ1n) is 8.03. The van der Waals surface area contributed by atoms with E-state index in [1.165, 1.54) is 6.07 Å². The van der Waals surface area contributed by atoms with Crippen LogP contribution in [0.1, 0.15) is 22.0 Å². The minimum atomic E-state index is -0.648.